The van der Waals surface area contributed by atoms with Gasteiger partial charge in [-0.3, -0.25) is 4.79 Å². The van der Waals surface area contributed by atoms with E-state index in [1.807, 2.05) is 13.8 Å². The van der Waals surface area contributed by atoms with E-state index in [4.69, 9.17) is 9.84 Å². The summed E-state index contributed by atoms with van der Waals surface area (Å²) in [5.74, 6) is -0.931. The summed E-state index contributed by atoms with van der Waals surface area (Å²) in [7, 11) is 0. The zero-order valence-corrected chi connectivity index (χ0v) is 12.4. The molecule has 0 spiro atoms. The maximum Gasteiger partial charge on any atom is 0.339 e. The Morgan fingerprint density at radius 2 is 2.11 bits per heavy atom. The van der Waals surface area contributed by atoms with Crippen LogP contribution in [0.3, 0.4) is 0 Å². The van der Waals surface area contributed by atoms with Crippen molar-refractivity contribution in [2.45, 2.75) is 26.3 Å². The number of amides is 1. The SMILES string of the molecule is CC(C)NC(=O)CCOc1ccc(Br)cc1C(=O)O. The Balaban J connectivity index is 2.58. The van der Waals surface area contributed by atoms with Gasteiger partial charge in [0.2, 0.25) is 5.91 Å². The molecular formula is C13H16BrNO4. The number of carbonyl (C=O) groups excluding carboxylic acids is 1. The van der Waals surface area contributed by atoms with Crippen molar-refractivity contribution in [2.75, 3.05) is 6.61 Å². The summed E-state index contributed by atoms with van der Waals surface area (Å²) >= 11 is 3.20. The van der Waals surface area contributed by atoms with Gasteiger partial charge in [-0.05, 0) is 32.0 Å². The highest BCUT2D eigenvalue weighted by molar-refractivity contribution is 9.10. The summed E-state index contributed by atoms with van der Waals surface area (Å²) in [5.41, 5.74) is 0.0682. The minimum Gasteiger partial charge on any atom is -0.492 e. The van der Waals surface area contributed by atoms with Crippen molar-refractivity contribution >= 4 is 27.8 Å². The van der Waals surface area contributed by atoms with Crippen LogP contribution in [0, 0.1) is 0 Å². The number of hydrogen-bond donors (Lipinski definition) is 2. The fourth-order valence-electron chi connectivity index (χ4n) is 1.44. The lowest BCUT2D eigenvalue weighted by atomic mass is 10.2. The van der Waals surface area contributed by atoms with E-state index in [0.717, 1.165) is 0 Å². The molecule has 0 saturated heterocycles. The lowest BCUT2D eigenvalue weighted by Gasteiger charge is -2.11. The molecule has 0 bridgehead atoms. The van der Waals surface area contributed by atoms with Crippen molar-refractivity contribution in [2.24, 2.45) is 0 Å². The second-order valence-corrected chi connectivity index (χ2v) is 5.18. The summed E-state index contributed by atoms with van der Waals surface area (Å²) in [6, 6.07) is 4.80. The molecule has 2 N–H and O–H groups in total. The second-order valence-electron chi connectivity index (χ2n) is 4.27. The van der Waals surface area contributed by atoms with Gasteiger partial charge in [0.25, 0.3) is 0 Å². The van der Waals surface area contributed by atoms with Gasteiger partial charge in [-0.15, -0.1) is 0 Å². The van der Waals surface area contributed by atoms with Gasteiger partial charge < -0.3 is 15.2 Å². The highest BCUT2D eigenvalue weighted by atomic mass is 79.9. The van der Waals surface area contributed by atoms with Gasteiger partial charge in [0, 0.05) is 10.5 Å². The van der Waals surface area contributed by atoms with Crippen molar-refractivity contribution < 1.29 is 19.4 Å². The highest BCUT2D eigenvalue weighted by Gasteiger charge is 2.12. The molecule has 0 aromatic heterocycles. The number of hydrogen-bond acceptors (Lipinski definition) is 3. The Kier molecular flexibility index (Phi) is 5.82. The molecule has 104 valence electrons. The summed E-state index contributed by atoms with van der Waals surface area (Å²) in [4.78, 5) is 22.4. The van der Waals surface area contributed by atoms with Crippen LogP contribution in [0.15, 0.2) is 22.7 Å². The Morgan fingerprint density at radius 3 is 2.68 bits per heavy atom. The first-order valence-corrected chi connectivity index (χ1v) is 6.64. The van der Waals surface area contributed by atoms with Crippen LogP contribution < -0.4 is 10.1 Å². The van der Waals surface area contributed by atoms with Crippen LogP contribution >= 0.6 is 15.9 Å². The first kappa shape index (κ1) is 15.5. The maximum absolute atomic E-state index is 11.4. The largest absolute Gasteiger partial charge is 0.492 e. The predicted octanol–water partition coefficient (Wildman–Crippen LogP) is 2.44. The molecule has 1 aromatic carbocycles. The van der Waals surface area contributed by atoms with Gasteiger partial charge in [-0.25, -0.2) is 4.79 Å². The molecule has 0 heterocycles. The number of nitrogens with one attached hydrogen (secondary N) is 1. The Hall–Kier alpha value is -1.56. The van der Waals surface area contributed by atoms with Crippen LogP contribution in [-0.4, -0.2) is 29.6 Å². The van der Waals surface area contributed by atoms with E-state index in [-0.39, 0.29) is 36.3 Å². The number of ether oxygens (including phenoxy) is 1. The summed E-state index contributed by atoms with van der Waals surface area (Å²) < 4.78 is 6.01. The van der Waals surface area contributed by atoms with E-state index in [1.165, 1.54) is 6.07 Å². The molecule has 6 heteroatoms. The van der Waals surface area contributed by atoms with Gasteiger partial charge in [0.15, 0.2) is 0 Å². The average Bonchev–Trinajstić information content (AvgIpc) is 2.29. The average molecular weight is 330 g/mol. The van der Waals surface area contributed by atoms with Crippen molar-refractivity contribution in [3.05, 3.63) is 28.2 Å². The maximum atomic E-state index is 11.4. The van der Waals surface area contributed by atoms with E-state index in [9.17, 15) is 9.59 Å². The number of carboxylic acids is 1. The molecule has 5 nitrogen and oxygen atoms in total. The third-order valence-electron chi connectivity index (χ3n) is 2.21. The third kappa shape index (κ3) is 5.30. The van der Waals surface area contributed by atoms with E-state index < -0.39 is 5.97 Å². The number of benzene rings is 1. The number of halogens is 1. The molecule has 0 saturated carbocycles. The van der Waals surface area contributed by atoms with Crippen LogP contribution in [0.4, 0.5) is 0 Å². The number of aromatic carboxylic acids is 1. The Bertz CT molecular complexity index is 474. The van der Waals surface area contributed by atoms with E-state index in [0.29, 0.717) is 4.47 Å². The minimum absolute atomic E-state index is 0.0682. The first-order chi connectivity index (χ1) is 8.90. The van der Waals surface area contributed by atoms with Gasteiger partial charge in [0.1, 0.15) is 11.3 Å². The van der Waals surface area contributed by atoms with E-state index >= 15 is 0 Å². The zero-order chi connectivity index (χ0) is 14.4. The minimum atomic E-state index is -1.07. The standard InChI is InChI=1S/C13H16BrNO4/c1-8(2)15-12(16)5-6-19-11-4-3-9(14)7-10(11)13(17)18/h3-4,7-8H,5-6H2,1-2H3,(H,15,16)(H,17,18). The van der Waals surface area contributed by atoms with Gasteiger partial charge in [0.05, 0.1) is 13.0 Å². The summed E-state index contributed by atoms with van der Waals surface area (Å²) in [6.45, 7) is 3.88. The van der Waals surface area contributed by atoms with Gasteiger partial charge in [-0.1, -0.05) is 15.9 Å². The normalized spacial score (nSPS) is 10.3. The van der Waals surface area contributed by atoms with E-state index in [2.05, 4.69) is 21.2 Å². The Labute approximate surface area is 120 Å². The van der Waals surface area contributed by atoms with Crippen LogP contribution in [0.1, 0.15) is 30.6 Å². The van der Waals surface area contributed by atoms with E-state index in [1.54, 1.807) is 12.1 Å². The van der Waals surface area contributed by atoms with Crippen molar-refractivity contribution in [1.82, 2.24) is 5.32 Å². The summed E-state index contributed by atoms with van der Waals surface area (Å²) in [6.07, 6.45) is 0.188. The Morgan fingerprint density at radius 1 is 1.42 bits per heavy atom. The molecule has 0 aliphatic heterocycles. The third-order valence-corrected chi connectivity index (χ3v) is 2.70. The highest BCUT2D eigenvalue weighted by Crippen LogP contribution is 2.23. The van der Waals surface area contributed by atoms with Crippen molar-refractivity contribution in [3.63, 3.8) is 0 Å². The molecule has 0 aliphatic carbocycles. The molecule has 0 radical (unpaired) electrons. The molecular weight excluding hydrogens is 314 g/mol. The quantitative estimate of drug-likeness (QED) is 0.840. The fourth-order valence-corrected chi connectivity index (χ4v) is 1.80. The van der Waals surface area contributed by atoms with Crippen LogP contribution in [0.5, 0.6) is 5.75 Å². The monoisotopic (exact) mass is 329 g/mol. The molecule has 0 atom stereocenters. The predicted molar refractivity (Wildman–Crippen MR) is 74.5 cm³/mol. The first-order valence-electron chi connectivity index (χ1n) is 5.85. The number of carbonyl (C=O) groups is 2. The molecule has 0 fully saturated rings. The number of rotatable bonds is 6. The smallest absolute Gasteiger partial charge is 0.339 e. The molecule has 0 aliphatic rings. The van der Waals surface area contributed by atoms with Crippen molar-refractivity contribution in [1.29, 1.82) is 0 Å². The lowest BCUT2D eigenvalue weighted by Crippen LogP contribution is -2.31. The van der Waals surface area contributed by atoms with Crippen molar-refractivity contribution in [3.8, 4) is 5.75 Å². The lowest BCUT2D eigenvalue weighted by molar-refractivity contribution is -0.122. The summed E-state index contributed by atoms with van der Waals surface area (Å²) in [5, 5.41) is 11.8. The topological polar surface area (TPSA) is 75.6 Å². The molecule has 1 amide bonds. The van der Waals surface area contributed by atoms with Crippen LogP contribution in [0.25, 0.3) is 0 Å². The van der Waals surface area contributed by atoms with Gasteiger partial charge >= 0.3 is 5.97 Å². The molecule has 0 unspecified atom stereocenters. The number of carboxylic acid groups (broad SMARTS) is 1. The van der Waals surface area contributed by atoms with Crippen LogP contribution in [0.2, 0.25) is 0 Å². The molecule has 19 heavy (non-hydrogen) atoms. The van der Waals surface area contributed by atoms with Crippen LogP contribution in [-0.2, 0) is 4.79 Å². The van der Waals surface area contributed by atoms with Gasteiger partial charge in [-0.2, -0.15) is 0 Å². The molecule has 1 rings (SSSR count). The fraction of sp³-hybridized carbons (Fsp3) is 0.385. The second kappa shape index (κ2) is 7.13. The zero-order valence-electron chi connectivity index (χ0n) is 10.8. The molecule has 1 aromatic rings.